The summed E-state index contributed by atoms with van der Waals surface area (Å²) in [5.41, 5.74) is 3.00. The van der Waals surface area contributed by atoms with E-state index in [0.29, 0.717) is 23.8 Å². The number of aliphatic hydroxyl groups is 1. The van der Waals surface area contributed by atoms with E-state index in [1.165, 1.54) is 5.56 Å². The number of para-hydroxylation sites is 1. The van der Waals surface area contributed by atoms with Crippen LogP contribution < -0.4 is 9.04 Å². The van der Waals surface area contributed by atoms with Crippen LogP contribution in [0.1, 0.15) is 37.3 Å². The van der Waals surface area contributed by atoms with E-state index < -0.39 is 10.1 Å². The van der Waals surface area contributed by atoms with Crippen LogP contribution in [0.15, 0.2) is 47.4 Å². The monoisotopic (exact) mass is 431 g/mol. The Morgan fingerprint density at radius 1 is 1.17 bits per heavy atom. The first kappa shape index (κ1) is 21.3. The Balaban J connectivity index is 1.59. The van der Waals surface area contributed by atoms with Gasteiger partial charge in [0.05, 0.1) is 18.9 Å². The molecule has 0 bridgehead atoms. The lowest BCUT2D eigenvalue weighted by Gasteiger charge is -2.44. The fraction of sp³-hybridized carbons (Fsp3) is 0.500. The van der Waals surface area contributed by atoms with Gasteiger partial charge in [-0.3, -0.25) is 4.21 Å². The maximum atomic E-state index is 14.1. The SMILES string of the molecule is CC1CCc2ccccc2N1[SH](C)(=O)c1ccc(OCC2CCOCC2)c(CO)c1. The van der Waals surface area contributed by atoms with Crippen molar-refractivity contribution in [2.24, 2.45) is 5.92 Å². The molecule has 6 heteroatoms. The molecule has 30 heavy (non-hydrogen) atoms. The van der Waals surface area contributed by atoms with Crippen LogP contribution in [0.3, 0.4) is 0 Å². The van der Waals surface area contributed by atoms with Gasteiger partial charge >= 0.3 is 0 Å². The Kier molecular flexibility index (Phi) is 6.46. The highest BCUT2D eigenvalue weighted by molar-refractivity contribution is 8.03. The van der Waals surface area contributed by atoms with E-state index in [9.17, 15) is 9.32 Å². The lowest BCUT2D eigenvalue weighted by atomic mass is 9.99. The maximum absolute atomic E-state index is 14.1. The van der Waals surface area contributed by atoms with E-state index in [1.54, 1.807) is 0 Å². The van der Waals surface area contributed by atoms with E-state index in [4.69, 9.17) is 9.47 Å². The summed E-state index contributed by atoms with van der Waals surface area (Å²) in [5, 5.41) is 9.96. The van der Waals surface area contributed by atoms with Crippen LogP contribution >= 0.6 is 0 Å². The lowest BCUT2D eigenvalue weighted by molar-refractivity contribution is 0.0494. The molecule has 5 nitrogen and oxygen atoms in total. The van der Waals surface area contributed by atoms with Crippen molar-refractivity contribution < 1.29 is 18.8 Å². The van der Waals surface area contributed by atoms with Crippen LogP contribution in [0.25, 0.3) is 0 Å². The molecule has 1 saturated heterocycles. The zero-order valence-corrected chi connectivity index (χ0v) is 18.8. The largest absolute Gasteiger partial charge is 0.493 e. The molecule has 0 aromatic heterocycles. The van der Waals surface area contributed by atoms with Gasteiger partial charge in [0.1, 0.15) is 5.75 Å². The smallest absolute Gasteiger partial charge is 0.124 e. The molecule has 0 saturated carbocycles. The molecule has 0 spiro atoms. The Morgan fingerprint density at radius 2 is 1.93 bits per heavy atom. The quantitative estimate of drug-likeness (QED) is 0.684. The standard InChI is InChI=1S/C24H33NO4S/c1-18-7-8-20-5-3-4-6-23(20)25(18)30(2,27)22-9-10-24(21(15-22)16-26)29-17-19-11-13-28-14-12-19/h3-6,9-10,15,18-19,26,30H,7-8,11-14,16-17H2,1-2H3. The zero-order chi connectivity index (χ0) is 21.1. The van der Waals surface area contributed by atoms with E-state index in [1.807, 2.05) is 36.6 Å². The third kappa shape index (κ3) is 4.27. The molecule has 1 N–H and O–H groups in total. The van der Waals surface area contributed by atoms with Crippen molar-refractivity contribution in [2.75, 3.05) is 30.4 Å². The second-order valence-electron chi connectivity index (χ2n) is 8.56. The van der Waals surface area contributed by atoms with Gasteiger partial charge in [0.25, 0.3) is 0 Å². The van der Waals surface area contributed by atoms with Crippen molar-refractivity contribution in [3.05, 3.63) is 53.6 Å². The molecule has 2 aliphatic heterocycles. The summed E-state index contributed by atoms with van der Waals surface area (Å²) >= 11 is 0. The van der Waals surface area contributed by atoms with Crippen LogP contribution in [0, 0.1) is 5.92 Å². The number of rotatable bonds is 6. The van der Waals surface area contributed by atoms with Gasteiger partial charge in [-0.05, 0) is 78.5 Å². The fourth-order valence-corrected chi connectivity index (χ4v) is 7.05. The van der Waals surface area contributed by atoms with Crippen LogP contribution in [-0.2, 0) is 27.9 Å². The average molecular weight is 432 g/mol. The van der Waals surface area contributed by atoms with E-state index in [-0.39, 0.29) is 12.6 Å². The van der Waals surface area contributed by atoms with Crippen molar-refractivity contribution in [2.45, 2.75) is 50.2 Å². The Morgan fingerprint density at radius 3 is 2.70 bits per heavy atom. The number of aliphatic hydroxyl groups excluding tert-OH is 1. The van der Waals surface area contributed by atoms with E-state index in [2.05, 4.69) is 23.4 Å². The minimum atomic E-state index is -2.86. The summed E-state index contributed by atoms with van der Waals surface area (Å²) in [4.78, 5) is 0.758. The van der Waals surface area contributed by atoms with Crippen LogP contribution in [0.2, 0.25) is 0 Å². The summed E-state index contributed by atoms with van der Waals surface area (Å²) in [6.07, 6.45) is 5.83. The summed E-state index contributed by atoms with van der Waals surface area (Å²) in [5.74, 6) is 1.16. The first-order valence-electron chi connectivity index (χ1n) is 10.9. The van der Waals surface area contributed by atoms with Gasteiger partial charge in [0, 0.05) is 36.0 Å². The van der Waals surface area contributed by atoms with Gasteiger partial charge in [-0.15, -0.1) is 0 Å². The van der Waals surface area contributed by atoms with E-state index in [0.717, 1.165) is 49.5 Å². The van der Waals surface area contributed by atoms with Crippen molar-refractivity contribution in [3.8, 4) is 5.75 Å². The summed E-state index contributed by atoms with van der Waals surface area (Å²) in [7, 11) is -2.86. The minimum Gasteiger partial charge on any atom is -0.493 e. The molecular weight excluding hydrogens is 398 g/mol. The molecule has 4 rings (SSSR count). The summed E-state index contributed by atoms with van der Waals surface area (Å²) in [6, 6.07) is 14.1. The second kappa shape index (κ2) is 9.08. The summed E-state index contributed by atoms with van der Waals surface area (Å²) in [6.45, 7) is 4.20. The number of benzene rings is 2. The third-order valence-electron chi connectivity index (χ3n) is 6.41. The predicted octanol–water partition coefficient (Wildman–Crippen LogP) is 3.75. The van der Waals surface area contributed by atoms with Crippen molar-refractivity contribution in [3.63, 3.8) is 0 Å². The lowest BCUT2D eigenvalue weighted by Crippen LogP contribution is -2.45. The number of thiol groups is 1. The van der Waals surface area contributed by atoms with Crippen molar-refractivity contribution in [1.82, 2.24) is 0 Å². The fourth-order valence-electron chi connectivity index (χ4n) is 4.58. The highest BCUT2D eigenvalue weighted by atomic mass is 32.3. The molecule has 0 aliphatic carbocycles. The van der Waals surface area contributed by atoms with Gasteiger partial charge in [-0.1, -0.05) is 18.2 Å². The van der Waals surface area contributed by atoms with Crippen molar-refractivity contribution >= 4 is 15.8 Å². The van der Waals surface area contributed by atoms with E-state index >= 15 is 0 Å². The molecule has 1 atom stereocenters. The first-order valence-corrected chi connectivity index (χ1v) is 13.0. The third-order valence-corrected chi connectivity index (χ3v) is 9.08. The number of anilines is 1. The highest BCUT2D eigenvalue weighted by Gasteiger charge is 2.31. The topological polar surface area (TPSA) is 59.0 Å². The first-order chi connectivity index (χ1) is 14.5. The van der Waals surface area contributed by atoms with Crippen molar-refractivity contribution in [1.29, 1.82) is 0 Å². The molecule has 1 unspecified atom stereocenters. The van der Waals surface area contributed by atoms with Gasteiger partial charge in [-0.2, -0.15) is 0 Å². The molecule has 164 valence electrons. The Bertz CT molecular complexity index is 925. The highest BCUT2D eigenvalue weighted by Crippen LogP contribution is 2.38. The molecule has 2 heterocycles. The van der Waals surface area contributed by atoms with Gasteiger partial charge in [0.15, 0.2) is 0 Å². The number of hydrogen-bond acceptors (Lipinski definition) is 4. The van der Waals surface area contributed by atoms with Crippen LogP contribution in [0.4, 0.5) is 5.69 Å². The molecular formula is C24H33NO4S. The van der Waals surface area contributed by atoms with Crippen LogP contribution in [-0.4, -0.2) is 41.4 Å². The number of ether oxygens (including phenoxy) is 2. The predicted molar refractivity (Wildman–Crippen MR) is 122 cm³/mol. The molecule has 0 amide bonds. The Labute approximate surface area is 180 Å². The molecule has 0 radical (unpaired) electrons. The van der Waals surface area contributed by atoms with Gasteiger partial charge < -0.3 is 18.9 Å². The molecule has 2 aromatic carbocycles. The van der Waals surface area contributed by atoms with Gasteiger partial charge in [0.2, 0.25) is 0 Å². The number of nitrogens with zero attached hydrogens (tertiary/aromatic N) is 1. The molecule has 1 fully saturated rings. The Hall–Kier alpha value is -1.89. The molecule has 2 aliphatic rings. The number of hydrogen-bond donors (Lipinski definition) is 2. The average Bonchev–Trinajstić information content (AvgIpc) is 2.78. The maximum Gasteiger partial charge on any atom is 0.124 e. The number of aryl methyl sites for hydroxylation is 1. The zero-order valence-electron chi connectivity index (χ0n) is 17.9. The van der Waals surface area contributed by atoms with Crippen LogP contribution in [0.5, 0.6) is 5.75 Å². The number of fused-ring (bicyclic) bond motifs is 1. The summed E-state index contributed by atoms with van der Waals surface area (Å²) < 4.78 is 27.7. The second-order valence-corrected chi connectivity index (χ2v) is 11.3. The normalized spacial score (nSPS) is 20.6. The molecule has 2 aromatic rings. The van der Waals surface area contributed by atoms with Gasteiger partial charge in [-0.25, -0.2) is 0 Å². The minimum absolute atomic E-state index is 0.136.